The lowest BCUT2D eigenvalue weighted by molar-refractivity contribution is 0.207. The molecule has 1 saturated heterocycles. The topological polar surface area (TPSA) is 36.9 Å². The molecule has 0 aromatic rings. The van der Waals surface area contributed by atoms with Gasteiger partial charge in [0.2, 0.25) is 0 Å². The molecule has 0 spiro atoms. The van der Waals surface area contributed by atoms with Gasteiger partial charge < -0.3 is 15.0 Å². The van der Waals surface area contributed by atoms with E-state index >= 15 is 0 Å². The average Bonchev–Trinajstić information content (AvgIpc) is 2.38. The van der Waals surface area contributed by atoms with Crippen molar-refractivity contribution in [3.05, 3.63) is 0 Å². The minimum absolute atomic E-state index is 0.689. The molecule has 0 aromatic carbocycles. The number of thioether (sulfide) groups is 1. The fourth-order valence-corrected chi connectivity index (χ4v) is 3.01. The fraction of sp³-hybridized carbons (Fsp3) is 0.917. The zero-order valence-electron chi connectivity index (χ0n) is 11.2. The molecule has 1 atom stereocenters. The third kappa shape index (κ3) is 5.17. The van der Waals surface area contributed by atoms with Crippen molar-refractivity contribution in [3.8, 4) is 0 Å². The summed E-state index contributed by atoms with van der Waals surface area (Å²) in [5.41, 5.74) is 0. The van der Waals surface area contributed by atoms with Crippen molar-refractivity contribution in [2.24, 2.45) is 4.99 Å². The summed E-state index contributed by atoms with van der Waals surface area (Å²) in [4.78, 5) is 6.97. The second-order valence-corrected chi connectivity index (χ2v) is 5.48. The standard InChI is InChI=1S/C12H25N3OS/c1-4-11-10-15(7-9-17-11)12(13-5-2)14-6-8-16-3/h11H,4-10H2,1-3H3,(H,13,14). The Bertz CT molecular complexity index is 236. The molecule has 1 heterocycles. The van der Waals surface area contributed by atoms with Gasteiger partial charge in [0.1, 0.15) is 0 Å². The zero-order valence-corrected chi connectivity index (χ0v) is 12.1. The molecule has 1 rings (SSSR count). The van der Waals surface area contributed by atoms with E-state index in [9.17, 15) is 0 Å². The van der Waals surface area contributed by atoms with Crippen LogP contribution in [-0.4, -0.2) is 61.8 Å². The molecule has 4 nitrogen and oxygen atoms in total. The number of hydrogen-bond acceptors (Lipinski definition) is 3. The zero-order chi connectivity index (χ0) is 12.5. The summed E-state index contributed by atoms with van der Waals surface area (Å²) in [6.45, 7) is 8.93. The van der Waals surface area contributed by atoms with Gasteiger partial charge in [0, 0.05) is 37.7 Å². The number of rotatable bonds is 5. The molecule has 100 valence electrons. The van der Waals surface area contributed by atoms with Gasteiger partial charge in [-0.3, -0.25) is 4.99 Å². The maximum atomic E-state index is 5.04. The highest BCUT2D eigenvalue weighted by molar-refractivity contribution is 8.00. The first-order valence-electron chi connectivity index (χ1n) is 6.45. The molecule has 5 heteroatoms. The Morgan fingerprint density at radius 3 is 3.00 bits per heavy atom. The molecule has 1 N–H and O–H groups in total. The van der Waals surface area contributed by atoms with Crippen LogP contribution in [0.5, 0.6) is 0 Å². The molecule has 0 aromatic heterocycles. The van der Waals surface area contributed by atoms with Crippen LogP contribution in [0.4, 0.5) is 0 Å². The van der Waals surface area contributed by atoms with E-state index in [1.165, 1.54) is 12.2 Å². The van der Waals surface area contributed by atoms with Gasteiger partial charge in [0.05, 0.1) is 13.2 Å². The Labute approximate surface area is 109 Å². The van der Waals surface area contributed by atoms with Crippen molar-refractivity contribution >= 4 is 17.7 Å². The van der Waals surface area contributed by atoms with Gasteiger partial charge >= 0.3 is 0 Å². The summed E-state index contributed by atoms with van der Waals surface area (Å²) < 4.78 is 5.04. The van der Waals surface area contributed by atoms with Crippen LogP contribution in [0.25, 0.3) is 0 Å². The van der Waals surface area contributed by atoms with E-state index in [0.29, 0.717) is 6.61 Å². The van der Waals surface area contributed by atoms with Crippen LogP contribution in [0.2, 0.25) is 0 Å². The number of guanidine groups is 1. The summed E-state index contributed by atoms with van der Waals surface area (Å²) in [5.74, 6) is 2.25. The third-order valence-electron chi connectivity index (χ3n) is 2.79. The number of ether oxygens (including phenoxy) is 1. The molecule has 0 radical (unpaired) electrons. The van der Waals surface area contributed by atoms with E-state index in [4.69, 9.17) is 4.74 Å². The van der Waals surface area contributed by atoms with Crippen molar-refractivity contribution in [3.63, 3.8) is 0 Å². The van der Waals surface area contributed by atoms with E-state index in [1.807, 2.05) is 0 Å². The summed E-state index contributed by atoms with van der Waals surface area (Å²) in [6.07, 6.45) is 1.23. The highest BCUT2D eigenvalue weighted by Gasteiger charge is 2.21. The summed E-state index contributed by atoms with van der Waals surface area (Å²) in [6, 6.07) is 0. The maximum absolute atomic E-state index is 5.04. The van der Waals surface area contributed by atoms with Crippen LogP contribution >= 0.6 is 11.8 Å². The van der Waals surface area contributed by atoms with Crippen molar-refractivity contribution in [2.75, 3.05) is 45.6 Å². The van der Waals surface area contributed by atoms with Crippen molar-refractivity contribution in [1.29, 1.82) is 0 Å². The number of methoxy groups -OCH3 is 1. The molecule has 0 amide bonds. The van der Waals surface area contributed by atoms with E-state index in [2.05, 4.69) is 40.8 Å². The maximum Gasteiger partial charge on any atom is 0.194 e. The fourth-order valence-electron chi connectivity index (χ4n) is 1.83. The molecule has 0 aliphatic carbocycles. The van der Waals surface area contributed by atoms with E-state index < -0.39 is 0 Å². The van der Waals surface area contributed by atoms with Crippen LogP contribution in [0, 0.1) is 0 Å². The Hall–Kier alpha value is -0.420. The summed E-state index contributed by atoms with van der Waals surface area (Å²) in [7, 11) is 1.72. The minimum atomic E-state index is 0.689. The van der Waals surface area contributed by atoms with Gasteiger partial charge in [0.25, 0.3) is 0 Å². The molecular weight excluding hydrogens is 234 g/mol. The van der Waals surface area contributed by atoms with Gasteiger partial charge in [-0.2, -0.15) is 11.8 Å². The quantitative estimate of drug-likeness (QED) is 0.460. The number of hydrogen-bond donors (Lipinski definition) is 1. The normalized spacial score (nSPS) is 21.7. The molecule has 0 saturated carbocycles. The highest BCUT2D eigenvalue weighted by atomic mass is 32.2. The van der Waals surface area contributed by atoms with Gasteiger partial charge in [-0.15, -0.1) is 0 Å². The highest BCUT2D eigenvalue weighted by Crippen LogP contribution is 2.20. The smallest absolute Gasteiger partial charge is 0.194 e. The van der Waals surface area contributed by atoms with E-state index in [1.54, 1.807) is 7.11 Å². The minimum Gasteiger partial charge on any atom is -0.383 e. The Balaban J connectivity index is 2.52. The summed E-state index contributed by atoms with van der Waals surface area (Å²) >= 11 is 2.08. The van der Waals surface area contributed by atoms with Crippen molar-refractivity contribution in [2.45, 2.75) is 25.5 Å². The largest absolute Gasteiger partial charge is 0.383 e. The number of nitrogens with one attached hydrogen (secondary N) is 1. The molecule has 1 fully saturated rings. The second-order valence-electron chi connectivity index (χ2n) is 4.08. The molecule has 1 aliphatic heterocycles. The van der Waals surface area contributed by atoms with Crippen molar-refractivity contribution < 1.29 is 4.74 Å². The predicted molar refractivity (Wildman–Crippen MR) is 76.0 cm³/mol. The predicted octanol–water partition coefficient (Wildman–Crippen LogP) is 1.43. The average molecular weight is 259 g/mol. The number of nitrogens with zero attached hydrogens (tertiary/aromatic N) is 2. The Morgan fingerprint density at radius 1 is 1.53 bits per heavy atom. The molecular formula is C12H25N3OS. The van der Waals surface area contributed by atoms with E-state index in [0.717, 1.165) is 37.4 Å². The summed E-state index contributed by atoms with van der Waals surface area (Å²) in [5, 5.41) is 4.11. The molecule has 1 aliphatic rings. The van der Waals surface area contributed by atoms with Crippen LogP contribution < -0.4 is 5.32 Å². The first-order valence-corrected chi connectivity index (χ1v) is 7.50. The van der Waals surface area contributed by atoms with Gasteiger partial charge in [-0.05, 0) is 13.3 Å². The molecule has 1 unspecified atom stereocenters. The van der Waals surface area contributed by atoms with E-state index in [-0.39, 0.29) is 0 Å². The number of aliphatic imine (C=N–C) groups is 1. The lowest BCUT2D eigenvalue weighted by atomic mass is 10.3. The van der Waals surface area contributed by atoms with Crippen LogP contribution in [-0.2, 0) is 4.74 Å². The first kappa shape index (κ1) is 14.6. The monoisotopic (exact) mass is 259 g/mol. The van der Waals surface area contributed by atoms with Crippen LogP contribution in [0.1, 0.15) is 20.3 Å². The first-order chi connectivity index (χ1) is 8.31. The molecule has 17 heavy (non-hydrogen) atoms. The lowest BCUT2D eigenvalue weighted by Gasteiger charge is -2.34. The third-order valence-corrected chi connectivity index (χ3v) is 4.16. The molecule has 0 bridgehead atoms. The SMILES string of the molecule is CCNC(=NCCOC)N1CCSC(CC)C1. The van der Waals surface area contributed by atoms with Gasteiger partial charge in [0.15, 0.2) is 5.96 Å². The lowest BCUT2D eigenvalue weighted by Crippen LogP contribution is -2.48. The second kappa shape index (κ2) is 8.64. The van der Waals surface area contributed by atoms with Gasteiger partial charge in [-0.25, -0.2) is 0 Å². The Morgan fingerprint density at radius 2 is 2.35 bits per heavy atom. The van der Waals surface area contributed by atoms with Gasteiger partial charge in [-0.1, -0.05) is 6.92 Å². The van der Waals surface area contributed by atoms with Crippen LogP contribution in [0.15, 0.2) is 4.99 Å². The Kier molecular flexibility index (Phi) is 7.44. The van der Waals surface area contributed by atoms with Crippen molar-refractivity contribution in [1.82, 2.24) is 10.2 Å². The van der Waals surface area contributed by atoms with Crippen LogP contribution in [0.3, 0.4) is 0 Å².